The number of carbonyl (C=O) groups is 1. The predicted molar refractivity (Wildman–Crippen MR) is 105 cm³/mol. The first-order valence-electron chi connectivity index (χ1n) is 7.97. The maximum absolute atomic E-state index is 12.3. The van der Waals surface area contributed by atoms with Gasteiger partial charge in [-0.2, -0.15) is 0 Å². The summed E-state index contributed by atoms with van der Waals surface area (Å²) in [6.45, 7) is 2.08. The average molecular weight is 396 g/mol. The number of benzene rings is 2. The maximum atomic E-state index is 12.3. The number of hydrogen-bond acceptors (Lipinski definition) is 3. The summed E-state index contributed by atoms with van der Waals surface area (Å²) in [6.07, 6.45) is 1.65. The largest absolute Gasteiger partial charge is 0.364 e. The number of anilines is 2. The molecule has 2 N–H and O–H groups in total. The molecule has 25 heavy (non-hydrogen) atoms. The summed E-state index contributed by atoms with van der Waals surface area (Å²) in [4.78, 5) is 16.7. The van der Waals surface area contributed by atoms with Crippen molar-refractivity contribution in [3.8, 4) is 0 Å². The van der Waals surface area contributed by atoms with E-state index in [1.54, 1.807) is 12.3 Å². The van der Waals surface area contributed by atoms with Gasteiger partial charge in [0.25, 0.3) is 5.91 Å². The molecule has 5 heteroatoms. The van der Waals surface area contributed by atoms with Gasteiger partial charge in [-0.15, -0.1) is 0 Å². The molecule has 0 saturated heterocycles. The van der Waals surface area contributed by atoms with Gasteiger partial charge < -0.3 is 10.6 Å². The van der Waals surface area contributed by atoms with Gasteiger partial charge in [0.1, 0.15) is 5.82 Å². The third-order valence-corrected chi connectivity index (χ3v) is 4.50. The molecule has 1 unspecified atom stereocenters. The van der Waals surface area contributed by atoms with Crippen LogP contribution in [-0.4, -0.2) is 10.9 Å². The van der Waals surface area contributed by atoms with Crippen LogP contribution < -0.4 is 10.6 Å². The summed E-state index contributed by atoms with van der Waals surface area (Å²) in [5.41, 5.74) is 2.43. The van der Waals surface area contributed by atoms with Gasteiger partial charge in [0.2, 0.25) is 0 Å². The summed E-state index contributed by atoms with van der Waals surface area (Å²) in [6, 6.07) is 21.3. The number of nitrogens with one attached hydrogen (secondary N) is 2. The molecule has 3 rings (SSSR count). The second-order valence-corrected chi connectivity index (χ2v) is 6.50. The Kier molecular flexibility index (Phi) is 5.46. The highest BCUT2D eigenvalue weighted by atomic mass is 79.9. The number of aromatic nitrogens is 1. The molecule has 0 aliphatic heterocycles. The standard InChI is InChI=1S/C20H18BrN3O/c1-14(15-7-3-2-4-8-15)23-19-12-11-16(13-22-19)24-20(25)17-9-5-6-10-18(17)21/h2-14H,1H3,(H,22,23)(H,24,25). The molecule has 0 fully saturated rings. The van der Waals surface area contributed by atoms with Gasteiger partial charge >= 0.3 is 0 Å². The summed E-state index contributed by atoms with van der Waals surface area (Å²) in [7, 11) is 0. The molecular formula is C20H18BrN3O. The van der Waals surface area contributed by atoms with Crippen molar-refractivity contribution in [3.63, 3.8) is 0 Å². The zero-order chi connectivity index (χ0) is 17.6. The van der Waals surface area contributed by atoms with Crippen molar-refractivity contribution in [2.75, 3.05) is 10.6 Å². The number of rotatable bonds is 5. The lowest BCUT2D eigenvalue weighted by Gasteiger charge is -2.15. The Balaban J connectivity index is 1.64. The Labute approximate surface area is 155 Å². The van der Waals surface area contributed by atoms with Crippen LogP contribution in [0.15, 0.2) is 77.4 Å². The lowest BCUT2D eigenvalue weighted by atomic mass is 10.1. The number of amides is 1. The monoisotopic (exact) mass is 395 g/mol. The van der Waals surface area contributed by atoms with Crippen molar-refractivity contribution in [3.05, 3.63) is 88.5 Å². The number of halogens is 1. The van der Waals surface area contributed by atoms with Crippen LogP contribution >= 0.6 is 15.9 Å². The number of carbonyl (C=O) groups excluding carboxylic acids is 1. The SMILES string of the molecule is CC(Nc1ccc(NC(=O)c2ccccc2Br)cn1)c1ccccc1. The van der Waals surface area contributed by atoms with E-state index in [4.69, 9.17) is 0 Å². The minimum atomic E-state index is -0.173. The van der Waals surface area contributed by atoms with Gasteiger partial charge in [-0.1, -0.05) is 42.5 Å². The Hall–Kier alpha value is -2.66. The highest BCUT2D eigenvalue weighted by molar-refractivity contribution is 9.10. The molecule has 1 heterocycles. The molecule has 2 aromatic carbocycles. The Bertz CT molecular complexity index is 850. The topological polar surface area (TPSA) is 54.0 Å². The molecule has 0 bridgehead atoms. The van der Waals surface area contributed by atoms with E-state index < -0.39 is 0 Å². The van der Waals surface area contributed by atoms with Crippen molar-refractivity contribution in [2.45, 2.75) is 13.0 Å². The van der Waals surface area contributed by atoms with Gasteiger partial charge in [-0.3, -0.25) is 4.79 Å². The lowest BCUT2D eigenvalue weighted by molar-refractivity contribution is 0.102. The molecule has 0 aliphatic rings. The average Bonchev–Trinajstić information content (AvgIpc) is 2.64. The van der Waals surface area contributed by atoms with Gasteiger partial charge in [0.05, 0.1) is 17.4 Å². The number of nitrogens with zero attached hydrogens (tertiary/aromatic N) is 1. The molecule has 126 valence electrons. The fraction of sp³-hybridized carbons (Fsp3) is 0.100. The van der Waals surface area contributed by atoms with E-state index in [2.05, 4.69) is 50.6 Å². The maximum Gasteiger partial charge on any atom is 0.256 e. The van der Waals surface area contributed by atoms with Crippen molar-refractivity contribution in [2.24, 2.45) is 0 Å². The fourth-order valence-corrected chi connectivity index (χ4v) is 2.91. The van der Waals surface area contributed by atoms with Crippen LogP contribution in [0, 0.1) is 0 Å². The van der Waals surface area contributed by atoms with E-state index in [0.717, 1.165) is 10.3 Å². The van der Waals surface area contributed by atoms with E-state index in [9.17, 15) is 4.79 Å². The van der Waals surface area contributed by atoms with Crippen molar-refractivity contribution in [1.29, 1.82) is 0 Å². The third kappa shape index (κ3) is 4.45. The summed E-state index contributed by atoms with van der Waals surface area (Å²) in [5.74, 6) is 0.586. The Morgan fingerprint density at radius 1 is 1.00 bits per heavy atom. The van der Waals surface area contributed by atoms with Crippen molar-refractivity contribution < 1.29 is 4.79 Å². The van der Waals surface area contributed by atoms with Gasteiger partial charge in [0.15, 0.2) is 0 Å². The normalized spacial score (nSPS) is 11.6. The van der Waals surface area contributed by atoms with Crippen LogP contribution in [0.4, 0.5) is 11.5 Å². The van der Waals surface area contributed by atoms with Gasteiger partial charge in [-0.05, 0) is 52.7 Å². The molecule has 1 amide bonds. The van der Waals surface area contributed by atoms with E-state index in [0.29, 0.717) is 11.3 Å². The van der Waals surface area contributed by atoms with Crippen LogP contribution in [-0.2, 0) is 0 Å². The molecule has 0 saturated carbocycles. The van der Waals surface area contributed by atoms with Crippen LogP contribution in [0.1, 0.15) is 28.9 Å². The van der Waals surface area contributed by atoms with Crippen LogP contribution in [0.2, 0.25) is 0 Å². The van der Waals surface area contributed by atoms with Crippen molar-refractivity contribution >= 4 is 33.3 Å². The lowest BCUT2D eigenvalue weighted by Crippen LogP contribution is -2.13. The summed E-state index contributed by atoms with van der Waals surface area (Å²) in [5, 5.41) is 6.20. The minimum Gasteiger partial charge on any atom is -0.364 e. The first-order valence-corrected chi connectivity index (χ1v) is 8.76. The van der Waals surface area contributed by atoms with E-state index in [-0.39, 0.29) is 11.9 Å². The zero-order valence-corrected chi connectivity index (χ0v) is 15.3. The van der Waals surface area contributed by atoms with E-state index >= 15 is 0 Å². The number of hydrogen-bond donors (Lipinski definition) is 2. The number of pyridine rings is 1. The second-order valence-electron chi connectivity index (χ2n) is 5.64. The van der Waals surface area contributed by atoms with Gasteiger partial charge in [-0.25, -0.2) is 4.98 Å². The molecule has 0 aliphatic carbocycles. The van der Waals surface area contributed by atoms with Crippen LogP contribution in [0.3, 0.4) is 0 Å². The first kappa shape index (κ1) is 17.2. The third-order valence-electron chi connectivity index (χ3n) is 3.80. The Morgan fingerprint density at radius 2 is 1.72 bits per heavy atom. The van der Waals surface area contributed by atoms with E-state index in [1.807, 2.05) is 48.5 Å². The van der Waals surface area contributed by atoms with Crippen molar-refractivity contribution in [1.82, 2.24) is 4.98 Å². The summed E-state index contributed by atoms with van der Waals surface area (Å²) < 4.78 is 0.760. The molecule has 4 nitrogen and oxygen atoms in total. The van der Waals surface area contributed by atoms with E-state index in [1.165, 1.54) is 5.56 Å². The highest BCUT2D eigenvalue weighted by Crippen LogP contribution is 2.20. The molecule has 1 atom stereocenters. The van der Waals surface area contributed by atoms with Gasteiger partial charge in [0, 0.05) is 10.5 Å². The predicted octanol–water partition coefficient (Wildman–Crippen LogP) is 5.27. The zero-order valence-electron chi connectivity index (χ0n) is 13.7. The minimum absolute atomic E-state index is 0.148. The van der Waals surface area contributed by atoms with Crippen LogP contribution in [0.5, 0.6) is 0 Å². The molecule has 0 spiro atoms. The highest BCUT2D eigenvalue weighted by Gasteiger charge is 2.10. The molecule has 0 radical (unpaired) electrons. The smallest absolute Gasteiger partial charge is 0.256 e. The quantitative estimate of drug-likeness (QED) is 0.618. The van der Waals surface area contributed by atoms with Crippen LogP contribution in [0.25, 0.3) is 0 Å². The molecular weight excluding hydrogens is 378 g/mol. The Morgan fingerprint density at radius 3 is 2.40 bits per heavy atom. The summed E-state index contributed by atoms with van der Waals surface area (Å²) >= 11 is 3.38. The molecule has 1 aromatic heterocycles. The fourth-order valence-electron chi connectivity index (χ4n) is 2.44. The second kappa shape index (κ2) is 7.94. The first-order chi connectivity index (χ1) is 12.1. The molecule has 3 aromatic rings.